The molecule has 0 spiro atoms. The van der Waals surface area contributed by atoms with Crippen LogP contribution in [0.5, 0.6) is 5.75 Å². The largest absolute Gasteiger partial charge is 0.497 e. The second-order valence-corrected chi connectivity index (χ2v) is 6.01. The minimum atomic E-state index is -0.0880. The summed E-state index contributed by atoms with van der Waals surface area (Å²) in [6.45, 7) is 1.48. The van der Waals surface area contributed by atoms with Crippen LogP contribution in [0, 0.1) is 0 Å². The van der Waals surface area contributed by atoms with Crippen LogP contribution in [-0.4, -0.2) is 18.0 Å². The fraction of sp³-hybridized carbons (Fsp3) is 0.286. The molecule has 1 aromatic heterocycles. The molecule has 106 valence electrons. The number of hydrogen-bond acceptors (Lipinski definition) is 5. The highest BCUT2D eigenvalue weighted by Gasteiger charge is 2.04. The smallest absolute Gasteiger partial charge is 0.223 e. The van der Waals surface area contributed by atoms with Crippen LogP contribution in [0.4, 0.5) is 5.13 Å². The standard InChI is InChI=1S/C14H16N2O2S2/c1-10(17)15-14-16-12(9-20-14)8-19-7-11-4-3-5-13(6-11)18-2/h3-6,9H,7-8H2,1-2H3,(H,15,16,17). The predicted octanol–water partition coefficient (Wildman–Crippen LogP) is 3.54. The van der Waals surface area contributed by atoms with Crippen molar-refractivity contribution in [3.05, 3.63) is 40.9 Å². The van der Waals surface area contributed by atoms with E-state index in [2.05, 4.69) is 16.4 Å². The van der Waals surface area contributed by atoms with Gasteiger partial charge >= 0.3 is 0 Å². The van der Waals surface area contributed by atoms with Gasteiger partial charge in [0, 0.05) is 23.8 Å². The molecule has 0 unspecified atom stereocenters. The fourth-order valence-electron chi connectivity index (χ4n) is 1.62. The van der Waals surface area contributed by atoms with Gasteiger partial charge in [-0.3, -0.25) is 4.79 Å². The predicted molar refractivity (Wildman–Crippen MR) is 84.4 cm³/mol. The zero-order valence-electron chi connectivity index (χ0n) is 11.4. The highest BCUT2D eigenvalue weighted by Crippen LogP contribution is 2.23. The Bertz CT molecular complexity index is 584. The van der Waals surface area contributed by atoms with Gasteiger partial charge < -0.3 is 10.1 Å². The first-order valence-electron chi connectivity index (χ1n) is 6.10. The molecule has 0 radical (unpaired) electrons. The normalized spacial score (nSPS) is 10.3. The van der Waals surface area contributed by atoms with E-state index in [-0.39, 0.29) is 5.91 Å². The molecule has 0 saturated carbocycles. The third kappa shape index (κ3) is 4.54. The van der Waals surface area contributed by atoms with E-state index in [0.29, 0.717) is 5.13 Å². The summed E-state index contributed by atoms with van der Waals surface area (Å²) in [4.78, 5) is 15.3. The molecule has 1 heterocycles. The number of rotatable bonds is 6. The number of anilines is 1. The van der Waals surface area contributed by atoms with E-state index in [4.69, 9.17) is 4.74 Å². The number of thiazole rings is 1. The molecule has 0 saturated heterocycles. The number of benzene rings is 1. The maximum Gasteiger partial charge on any atom is 0.223 e. The number of methoxy groups -OCH3 is 1. The van der Waals surface area contributed by atoms with Gasteiger partial charge in [0.1, 0.15) is 5.75 Å². The number of aromatic nitrogens is 1. The molecule has 4 nitrogen and oxygen atoms in total. The number of nitrogens with one attached hydrogen (secondary N) is 1. The van der Waals surface area contributed by atoms with Crippen LogP contribution in [0.2, 0.25) is 0 Å². The molecule has 1 aromatic carbocycles. The third-order valence-corrected chi connectivity index (χ3v) is 4.33. The molecule has 0 atom stereocenters. The highest BCUT2D eigenvalue weighted by molar-refractivity contribution is 7.97. The Morgan fingerprint density at radius 2 is 2.30 bits per heavy atom. The molecule has 20 heavy (non-hydrogen) atoms. The van der Waals surface area contributed by atoms with Crippen molar-refractivity contribution in [2.24, 2.45) is 0 Å². The van der Waals surface area contributed by atoms with Gasteiger partial charge in [0.05, 0.1) is 12.8 Å². The summed E-state index contributed by atoms with van der Waals surface area (Å²) in [5, 5.41) is 5.33. The minimum absolute atomic E-state index is 0.0880. The van der Waals surface area contributed by atoms with Crippen molar-refractivity contribution in [1.82, 2.24) is 4.98 Å². The van der Waals surface area contributed by atoms with E-state index in [1.54, 1.807) is 18.9 Å². The van der Waals surface area contributed by atoms with Gasteiger partial charge in [-0.2, -0.15) is 11.8 Å². The fourth-order valence-corrected chi connectivity index (χ4v) is 3.35. The van der Waals surface area contributed by atoms with Gasteiger partial charge in [0.15, 0.2) is 5.13 Å². The summed E-state index contributed by atoms with van der Waals surface area (Å²) in [5.41, 5.74) is 2.22. The van der Waals surface area contributed by atoms with Crippen LogP contribution in [0.3, 0.4) is 0 Å². The van der Waals surface area contributed by atoms with E-state index >= 15 is 0 Å². The number of amides is 1. The molecule has 2 rings (SSSR count). The van der Waals surface area contributed by atoms with Crippen molar-refractivity contribution < 1.29 is 9.53 Å². The first-order chi connectivity index (χ1) is 9.67. The number of ether oxygens (including phenoxy) is 1. The number of thioether (sulfide) groups is 1. The van der Waals surface area contributed by atoms with Gasteiger partial charge in [0.25, 0.3) is 0 Å². The Kier molecular flexibility index (Phi) is 5.43. The summed E-state index contributed by atoms with van der Waals surface area (Å²) in [7, 11) is 1.67. The van der Waals surface area contributed by atoms with Crippen molar-refractivity contribution in [2.75, 3.05) is 12.4 Å². The van der Waals surface area contributed by atoms with Crippen molar-refractivity contribution in [3.63, 3.8) is 0 Å². The third-order valence-electron chi connectivity index (χ3n) is 2.49. The van der Waals surface area contributed by atoms with Crippen molar-refractivity contribution in [3.8, 4) is 5.75 Å². The van der Waals surface area contributed by atoms with E-state index in [1.165, 1.54) is 23.8 Å². The van der Waals surface area contributed by atoms with E-state index in [9.17, 15) is 4.79 Å². The van der Waals surface area contributed by atoms with Crippen LogP contribution in [0.1, 0.15) is 18.2 Å². The van der Waals surface area contributed by atoms with Crippen LogP contribution in [-0.2, 0) is 16.3 Å². The Labute approximate surface area is 126 Å². The summed E-state index contributed by atoms with van der Waals surface area (Å²) in [6.07, 6.45) is 0. The molecular weight excluding hydrogens is 292 g/mol. The maximum absolute atomic E-state index is 10.9. The topological polar surface area (TPSA) is 51.2 Å². The molecule has 0 fully saturated rings. The van der Waals surface area contributed by atoms with E-state index in [0.717, 1.165) is 22.9 Å². The SMILES string of the molecule is COc1cccc(CSCc2csc(NC(C)=O)n2)c1. The molecular formula is C14H16N2O2S2. The summed E-state index contributed by atoms with van der Waals surface area (Å²) >= 11 is 3.24. The van der Waals surface area contributed by atoms with Gasteiger partial charge in [0.2, 0.25) is 5.91 Å². The average Bonchev–Trinajstić information content (AvgIpc) is 2.86. The zero-order chi connectivity index (χ0) is 14.4. The Morgan fingerprint density at radius 3 is 3.05 bits per heavy atom. The molecule has 0 bridgehead atoms. The first kappa shape index (κ1) is 14.9. The van der Waals surface area contributed by atoms with Crippen molar-refractivity contribution in [2.45, 2.75) is 18.4 Å². The monoisotopic (exact) mass is 308 g/mol. The zero-order valence-corrected chi connectivity index (χ0v) is 13.0. The van der Waals surface area contributed by atoms with E-state index in [1.807, 2.05) is 23.6 Å². The number of nitrogens with zero attached hydrogens (tertiary/aromatic N) is 1. The summed E-state index contributed by atoms with van der Waals surface area (Å²) in [5.74, 6) is 2.52. The summed E-state index contributed by atoms with van der Waals surface area (Å²) < 4.78 is 5.20. The van der Waals surface area contributed by atoms with Crippen LogP contribution in [0.15, 0.2) is 29.6 Å². The lowest BCUT2D eigenvalue weighted by atomic mass is 10.2. The number of carbonyl (C=O) groups excluding carboxylic acids is 1. The van der Waals surface area contributed by atoms with Gasteiger partial charge in [-0.15, -0.1) is 11.3 Å². The average molecular weight is 308 g/mol. The number of carbonyl (C=O) groups is 1. The van der Waals surface area contributed by atoms with E-state index < -0.39 is 0 Å². The Morgan fingerprint density at radius 1 is 1.45 bits per heavy atom. The maximum atomic E-state index is 10.9. The quantitative estimate of drug-likeness (QED) is 0.887. The summed E-state index contributed by atoms with van der Waals surface area (Å²) in [6, 6.07) is 8.05. The lowest BCUT2D eigenvalue weighted by Gasteiger charge is -2.03. The minimum Gasteiger partial charge on any atom is -0.497 e. The lowest BCUT2D eigenvalue weighted by Crippen LogP contribution is -2.05. The molecule has 1 N–H and O–H groups in total. The molecule has 0 aliphatic heterocycles. The highest BCUT2D eigenvalue weighted by atomic mass is 32.2. The van der Waals surface area contributed by atoms with Crippen molar-refractivity contribution >= 4 is 34.1 Å². The van der Waals surface area contributed by atoms with Gasteiger partial charge in [-0.1, -0.05) is 12.1 Å². The number of hydrogen-bond donors (Lipinski definition) is 1. The first-order valence-corrected chi connectivity index (χ1v) is 8.13. The molecule has 2 aromatic rings. The Hall–Kier alpha value is -1.53. The second kappa shape index (κ2) is 7.31. The van der Waals surface area contributed by atoms with Crippen LogP contribution in [0.25, 0.3) is 0 Å². The molecule has 0 aliphatic carbocycles. The van der Waals surface area contributed by atoms with Gasteiger partial charge in [-0.05, 0) is 17.7 Å². The van der Waals surface area contributed by atoms with Crippen LogP contribution < -0.4 is 10.1 Å². The molecule has 1 amide bonds. The molecule has 0 aliphatic rings. The lowest BCUT2D eigenvalue weighted by molar-refractivity contribution is -0.114. The molecule has 6 heteroatoms. The van der Waals surface area contributed by atoms with Crippen LogP contribution >= 0.6 is 23.1 Å². The second-order valence-electron chi connectivity index (χ2n) is 4.17. The Balaban J connectivity index is 1.83. The van der Waals surface area contributed by atoms with Crippen molar-refractivity contribution in [1.29, 1.82) is 0 Å². The van der Waals surface area contributed by atoms with Gasteiger partial charge in [-0.25, -0.2) is 4.98 Å².